The molecular formula is C78H74FN13O27S7. The first-order valence-corrected chi connectivity index (χ1v) is 46.6. The Bertz CT molecular complexity index is 6510. The van der Waals surface area contributed by atoms with Gasteiger partial charge in [-0.05, 0) is 86.3 Å². The fourth-order valence-corrected chi connectivity index (χ4v) is 20.0. The number of hydrogen-bond donors (Lipinski definition) is 8. The molecule has 4 aliphatic rings. The van der Waals surface area contributed by atoms with Crippen molar-refractivity contribution in [2.45, 2.75) is 101 Å². The molecule has 3 aliphatic heterocycles. The van der Waals surface area contributed by atoms with Crippen LogP contribution in [0.5, 0.6) is 28.7 Å². The molecule has 126 heavy (non-hydrogen) atoms. The second kappa shape index (κ2) is 39.1. The van der Waals surface area contributed by atoms with Crippen molar-refractivity contribution in [1.82, 2.24) is 35.0 Å². The van der Waals surface area contributed by atoms with Crippen molar-refractivity contribution in [2.75, 3.05) is 69.8 Å². The van der Waals surface area contributed by atoms with E-state index >= 15 is 0 Å². The molecule has 7 aromatic heterocycles. The molecule has 40 nitrogen and oxygen atoms in total. The van der Waals surface area contributed by atoms with Crippen LogP contribution < -0.4 is 58.5 Å². The molecule has 10 heterocycles. The van der Waals surface area contributed by atoms with Crippen LogP contribution in [0, 0.1) is 5.82 Å². The molecule has 0 radical (unpaired) electrons. The number of furan rings is 2. The lowest BCUT2D eigenvalue weighted by Gasteiger charge is -2.18. The molecule has 48 heteroatoms. The lowest BCUT2D eigenvalue weighted by Crippen LogP contribution is -2.23. The number of aryl methyl sites for hydroxylation is 2. The van der Waals surface area contributed by atoms with Crippen molar-refractivity contribution < 1.29 is 127 Å². The summed E-state index contributed by atoms with van der Waals surface area (Å²) < 4.78 is 194. The summed E-state index contributed by atoms with van der Waals surface area (Å²) in [5.74, 6) is -5.99. The van der Waals surface area contributed by atoms with Gasteiger partial charge in [0.25, 0.3) is 68.6 Å². The first-order valence-electron chi connectivity index (χ1n) is 37.3. The van der Waals surface area contributed by atoms with Gasteiger partial charge in [-0.25, -0.2) is 27.8 Å². The second-order valence-electron chi connectivity index (χ2n) is 27.2. The number of Topliss-reactive ketones (excluding diaryl/α,β-unsaturated/α-hetero) is 6. The maximum atomic E-state index is 15.0. The number of anilines is 6. The molecule has 0 atom stereocenters. The van der Waals surface area contributed by atoms with Gasteiger partial charge in [0.05, 0.1) is 114 Å². The minimum absolute atomic E-state index is 0.0180. The zero-order valence-electron chi connectivity index (χ0n) is 66.7. The number of carbonyl (C=O) groups is 9. The number of hydrogen-bond acceptors (Lipinski definition) is 33. The van der Waals surface area contributed by atoms with E-state index in [1.807, 2.05) is 18.2 Å². The third kappa shape index (κ3) is 21.1. The second-order valence-corrected chi connectivity index (χ2v) is 38.0. The van der Waals surface area contributed by atoms with Crippen LogP contribution in [0.3, 0.4) is 0 Å². The number of ketones is 6. The van der Waals surface area contributed by atoms with Gasteiger partial charge < -0.3 is 62.5 Å². The number of benzene rings is 4. The molecule has 0 unspecified atom stereocenters. The van der Waals surface area contributed by atoms with Crippen LogP contribution in [-0.4, -0.2) is 164 Å². The Morgan fingerprint density at radius 1 is 0.611 bits per heavy atom. The predicted octanol–water partition coefficient (Wildman–Crippen LogP) is 9.01. The molecule has 15 rings (SSSR count). The number of carbonyl (C=O) groups excluding carboxylic acids is 9. The number of halogens is 1. The Hall–Kier alpha value is -13.6. The summed E-state index contributed by atoms with van der Waals surface area (Å²) >= 11 is 1.80. The summed E-state index contributed by atoms with van der Waals surface area (Å²) in [4.78, 5) is 123. The molecule has 3 amide bonds. The van der Waals surface area contributed by atoms with E-state index in [4.69, 9.17) is 32.5 Å². The molecule has 11 aromatic rings. The number of ether oxygens (including phenoxy) is 5. The Morgan fingerprint density at radius 3 is 1.74 bits per heavy atom. The van der Waals surface area contributed by atoms with Gasteiger partial charge in [-0.3, -0.25) is 62.0 Å². The molecule has 8 N–H and O–H groups in total. The first-order chi connectivity index (χ1) is 60.0. The van der Waals surface area contributed by atoms with Gasteiger partial charge in [-0.2, -0.15) is 33.7 Å². The summed E-state index contributed by atoms with van der Waals surface area (Å²) in [6.07, 6.45) is 18.1. The van der Waals surface area contributed by atoms with Crippen LogP contribution in [0.15, 0.2) is 182 Å². The zero-order chi connectivity index (χ0) is 90.6. The number of sulfone groups is 1. The lowest BCUT2D eigenvalue weighted by molar-refractivity contribution is -0.122. The number of imidazole rings is 1. The van der Waals surface area contributed by atoms with Crippen molar-refractivity contribution in [3.8, 4) is 28.7 Å². The average molecular weight is 1870 g/mol. The van der Waals surface area contributed by atoms with Crippen molar-refractivity contribution in [3.05, 3.63) is 190 Å². The van der Waals surface area contributed by atoms with E-state index in [0.717, 1.165) is 59.1 Å². The molecule has 0 fully saturated rings. The van der Waals surface area contributed by atoms with Crippen LogP contribution in [0.2, 0.25) is 0 Å². The van der Waals surface area contributed by atoms with E-state index in [1.165, 1.54) is 87.7 Å². The summed E-state index contributed by atoms with van der Waals surface area (Å²) in [6.45, 7) is 1.06. The molecule has 0 bridgehead atoms. The Kier molecular flexibility index (Phi) is 28.4. The van der Waals surface area contributed by atoms with E-state index in [1.54, 1.807) is 48.9 Å². The minimum atomic E-state index is -4.34. The standard InChI is InChI=1S/C21H20N2O9S2.C20H18N4O7S2.C20H17N3O8S2.C17H19FN4O3S/c1-30-21-19-16(25)12-33(26,27)17(19)10-15(23-34(28,29)18-8-9-22-32-18)20(21)31-11-14(24)7-6-13-4-2-3-5-13;1-30-18-12(4-5-15(25)22-10-11-3-2-7-31-11)14(9-13-16(18)23-19(27)17(13)26)24-33(28,29)20-21-6-8-32-20;1-29-18-15-13(16(25)19(26)22-15)9-14(23-33(27,28)20-21-6-8-32-20)17(18)31-10-11(24)4-5-12-3-2-7-30-12;1-3-11(23)6-7-12-13(21-26(24,25)15-5-4-8-19-15)9-14-17(16(12)18)20-10-22(14)2/h2-4,8-10,23H,5-7,11-12H2,1H3;2-3,6-9,24H,4-5,10H2,1H3,(H,22,25)(H,23,26,27);2-3,6-9,23H,4-5,10H2,1H3,(H,22,25,26);4-5,8-10,19,21H,3,6-7H2,1-2H3. The normalized spacial score (nSPS) is 13.6. The number of allylic oxidation sites excluding steroid dienone is 4. The topological polar surface area (TPSA) is 566 Å². The van der Waals surface area contributed by atoms with Crippen LogP contribution in [0.4, 0.5) is 38.5 Å². The van der Waals surface area contributed by atoms with Crippen molar-refractivity contribution in [3.63, 3.8) is 0 Å². The largest absolute Gasteiger partial charge is 0.494 e. The van der Waals surface area contributed by atoms with E-state index in [9.17, 15) is 89.6 Å². The van der Waals surface area contributed by atoms with Gasteiger partial charge in [0.2, 0.25) is 14.6 Å². The number of amides is 3. The molecule has 0 spiro atoms. The maximum absolute atomic E-state index is 15.0. The molecule has 1 aliphatic carbocycles. The lowest BCUT2D eigenvalue weighted by atomic mass is 10.0. The van der Waals surface area contributed by atoms with E-state index < -0.39 is 114 Å². The van der Waals surface area contributed by atoms with Gasteiger partial charge in [-0.1, -0.05) is 35.9 Å². The minimum Gasteiger partial charge on any atom is -0.494 e. The SMILES string of the molecule is CCC(=O)CCc1c(NS(=O)(=O)c2ccc[nH]2)cc2c(ncn2C)c1F.COc1c(CCC(=O)NCc2ccco2)c(NS(=O)(=O)c2nccs2)cc2c1NC(=O)C2=O.COc1c(OCC(=O)CCC2=CC=CC2)c(NS(=O)(=O)c2ccno2)cc2c1C(=O)CS2(=O)=O.COc1c2c(cc(NS(=O)(=O)c3nccs3)c1OCC(=O)CCc1ccco1)C(=O)C(=O)N2. The maximum Gasteiger partial charge on any atom is 0.298 e. The van der Waals surface area contributed by atoms with Crippen molar-refractivity contribution in [1.29, 1.82) is 0 Å². The highest BCUT2D eigenvalue weighted by molar-refractivity contribution is 7.95. The van der Waals surface area contributed by atoms with Gasteiger partial charge >= 0.3 is 0 Å². The van der Waals surface area contributed by atoms with E-state index in [-0.39, 0.29) is 173 Å². The predicted molar refractivity (Wildman–Crippen MR) is 448 cm³/mol. The van der Waals surface area contributed by atoms with Crippen LogP contribution >= 0.6 is 22.7 Å². The van der Waals surface area contributed by atoms with Crippen LogP contribution in [0.1, 0.15) is 106 Å². The summed E-state index contributed by atoms with van der Waals surface area (Å²) in [5.41, 5.74) is 1.55. The number of aromatic nitrogens is 6. The Balaban J connectivity index is 0.000000153. The Morgan fingerprint density at radius 2 is 1.17 bits per heavy atom. The monoisotopic (exact) mass is 1870 g/mol. The molecule has 0 saturated heterocycles. The highest BCUT2D eigenvalue weighted by atomic mass is 32.3. The number of nitrogens with zero attached hydrogens (tertiary/aromatic N) is 5. The average Bonchev–Trinajstić information content (AvgIpc) is 1.56. The fraction of sp³-hybridized carbons (Fsp3) is 0.244. The first kappa shape index (κ1) is 91.7. The Labute approximate surface area is 724 Å². The summed E-state index contributed by atoms with van der Waals surface area (Å²) in [5, 5.41) is 13.3. The highest BCUT2D eigenvalue weighted by Crippen LogP contribution is 2.49. The quantitative estimate of drug-likeness (QED) is 0.0170. The number of sulfonamides is 4. The molecule has 4 aromatic carbocycles. The highest BCUT2D eigenvalue weighted by Gasteiger charge is 2.42. The number of H-pyrrole nitrogens is 1. The number of aromatic amines is 1. The molecule has 662 valence electrons. The summed E-state index contributed by atoms with van der Waals surface area (Å²) in [6, 6.07) is 15.8. The third-order valence-corrected chi connectivity index (χ3v) is 28.2. The van der Waals surface area contributed by atoms with Gasteiger partial charge in [0.15, 0.2) is 61.0 Å². The summed E-state index contributed by atoms with van der Waals surface area (Å²) in [7, 11) is -15.0. The van der Waals surface area contributed by atoms with E-state index in [2.05, 4.69) is 64.5 Å². The molecule has 0 saturated carbocycles. The molecular weight excluding hydrogens is 1790 g/mol. The third-order valence-electron chi connectivity index (χ3n) is 18.9. The number of fused-ring (bicyclic) bond motifs is 4. The zero-order valence-corrected chi connectivity index (χ0v) is 72.4. The van der Waals surface area contributed by atoms with Crippen molar-refractivity contribution >= 4 is 170 Å². The number of thiazole rings is 2. The van der Waals surface area contributed by atoms with Crippen molar-refractivity contribution in [2.24, 2.45) is 7.05 Å². The number of methoxy groups -OCH3 is 3. The smallest absolute Gasteiger partial charge is 0.298 e. The number of rotatable bonds is 36. The van der Waals surface area contributed by atoms with Crippen LogP contribution in [-0.2, 0) is 112 Å². The van der Waals surface area contributed by atoms with Gasteiger partial charge in [0, 0.05) is 92.1 Å². The van der Waals surface area contributed by atoms with E-state index in [0.29, 0.717) is 41.9 Å². The fourth-order valence-electron chi connectivity index (χ4n) is 12.8. The van der Waals surface area contributed by atoms with Crippen LogP contribution in [0.25, 0.3) is 11.0 Å². The number of nitrogens with one attached hydrogen (secondary N) is 8. The van der Waals surface area contributed by atoms with Gasteiger partial charge in [0.1, 0.15) is 47.5 Å². The van der Waals surface area contributed by atoms with Gasteiger partial charge in [-0.15, -0.1) is 22.7 Å².